The first-order valence-electron chi connectivity index (χ1n) is 10.0. The number of aryl methyl sites for hydroxylation is 1. The van der Waals surface area contributed by atoms with Gasteiger partial charge in [-0.25, -0.2) is 0 Å². The van der Waals surface area contributed by atoms with Crippen molar-refractivity contribution in [3.8, 4) is 23.0 Å². The third-order valence-electron chi connectivity index (χ3n) is 4.39. The minimum Gasteiger partial charge on any atom is -0.497 e. The number of methoxy groups -OCH3 is 2. The van der Waals surface area contributed by atoms with Crippen LogP contribution in [-0.4, -0.2) is 33.3 Å². The van der Waals surface area contributed by atoms with E-state index in [0.29, 0.717) is 43.2 Å². The van der Waals surface area contributed by atoms with E-state index < -0.39 is 0 Å². The zero-order chi connectivity index (χ0) is 21.1. The van der Waals surface area contributed by atoms with Crippen molar-refractivity contribution in [2.75, 3.05) is 32.8 Å². The third-order valence-corrected chi connectivity index (χ3v) is 4.39. The lowest BCUT2D eigenvalue weighted by Gasteiger charge is -2.14. The highest BCUT2D eigenvalue weighted by Gasteiger charge is 2.11. The molecule has 0 bridgehead atoms. The van der Waals surface area contributed by atoms with Crippen LogP contribution in [0.2, 0.25) is 0 Å². The van der Waals surface area contributed by atoms with Crippen LogP contribution in [0.15, 0.2) is 36.4 Å². The lowest BCUT2D eigenvalue weighted by atomic mass is 10.1. The van der Waals surface area contributed by atoms with E-state index in [-0.39, 0.29) is 5.91 Å². The SMILES string of the molecule is CCCCOc1ccc(CCC(=O)Nc2ccc(OC)cc2OC)cc1OCC. The van der Waals surface area contributed by atoms with Gasteiger partial charge in [-0.1, -0.05) is 19.4 Å². The molecule has 29 heavy (non-hydrogen) atoms. The third kappa shape index (κ3) is 6.89. The fourth-order valence-electron chi connectivity index (χ4n) is 2.79. The molecule has 0 fully saturated rings. The van der Waals surface area contributed by atoms with Crippen molar-refractivity contribution in [2.24, 2.45) is 0 Å². The molecule has 0 spiro atoms. The maximum atomic E-state index is 12.4. The lowest BCUT2D eigenvalue weighted by Crippen LogP contribution is -2.13. The second-order valence-electron chi connectivity index (χ2n) is 6.53. The number of hydrogen-bond acceptors (Lipinski definition) is 5. The predicted molar refractivity (Wildman–Crippen MR) is 115 cm³/mol. The summed E-state index contributed by atoms with van der Waals surface area (Å²) in [6.45, 7) is 5.30. The van der Waals surface area contributed by atoms with Crippen molar-refractivity contribution in [1.82, 2.24) is 0 Å². The minimum atomic E-state index is -0.0882. The van der Waals surface area contributed by atoms with E-state index in [1.165, 1.54) is 0 Å². The molecule has 0 aliphatic rings. The summed E-state index contributed by atoms with van der Waals surface area (Å²) >= 11 is 0. The van der Waals surface area contributed by atoms with Crippen LogP contribution in [0.5, 0.6) is 23.0 Å². The van der Waals surface area contributed by atoms with Crippen LogP contribution in [0.4, 0.5) is 5.69 Å². The molecule has 0 aliphatic heterocycles. The average molecular weight is 402 g/mol. The normalized spacial score (nSPS) is 10.3. The fourth-order valence-corrected chi connectivity index (χ4v) is 2.79. The first-order valence-corrected chi connectivity index (χ1v) is 10.0. The van der Waals surface area contributed by atoms with Crippen LogP contribution in [0, 0.1) is 0 Å². The Hall–Kier alpha value is -2.89. The molecule has 0 heterocycles. The smallest absolute Gasteiger partial charge is 0.224 e. The molecule has 6 heteroatoms. The van der Waals surface area contributed by atoms with E-state index >= 15 is 0 Å². The fraction of sp³-hybridized carbons (Fsp3) is 0.435. The van der Waals surface area contributed by atoms with Gasteiger partial charge in [0.15, 0.2) is 11.5 Å². The van der Waals surface area contributed by atoms with E-state index in [2.05, 4.69) is 12.2 Å². The van der Waals surface area contributed by atoms with Crippen molar-refractivity contribution in [2.45, 2.75) is 39.5 Å². The Balaban J connectivity index is 1.98. The predicted octanol–water partition coefficient (Wildman–Crippen LogP) is 4.85. The Morgan fingerprint density at radius 1 is 0.931 bits per heavy atom. The quantitative estimate of drug-likeness (QED) is 0.515. The molecule has 1 N–H and O–H groups in total. The number of hydrogen-bond donors (Lipinski definition) is 1. The molecule has 158 valence electrons. The highest BCUT2D eigenvalue weighted by atomic mass is 16.5. The molecule has 0 aliphatic carbocycles. The number of carbonyl (C=O) groups excluding carboxylic acids is 1. The number of amides is 1. The van der Waals surface area contributed by atoms with Gasteiger partial charge in [-0.2, -0.15) is 0 Å². The summed E-state index contributed by atoms with van der Waals surface area (Å²) in [4.78, 5) is 12.4. The summed E-state index contributed by atoms with van der Waals surface area (Å²) < 4.78 is 22.0. The van der Waals surface area contributed by atoms with Gasteiger partial charge in [-0.3, -0.25) is 4.79 Å². The Labute approximate surface area is 173 Å². The number of rotatable bonds is 12. The molecule has 2 rings (SSSR count). The van der Waals surface area contributed by atoms with Crippen molar-refractivity contribution < 1.29 is 23.7 Å². The van der Waals surface area contributed by atoms with Gasteiger partial charge in [0.05, 0.1) is 33.1 Å². The molecule has 0 saturated carbocycles. The molecule has 2 aromatic carbocycles. The molecule has 0 unspecified atom stereocenters. The van der Waals surface area contributed by atoms with E-state index in [0.717, 1.165) is 29.9 Å². The summed E-state index contributed by atoms with van der Waals surface area (Å²) in [5.74, 6) is 2.61. The van der Waals surface area contributed by atoms with E-state index in [1.807, 2.05) is 25.1 Å². The molecular weight excluding hydrogens is 370 g/mol. The zero-order valence-corrected chi connectivity index (χ0v) is 17.7. The van der Waals surface area contributed by atoms with Crippen LogP contribution in [0.25, 0.3) is 0 Å². The highest BCUT2D eigenvalue weighted by molar-refractivity contribution is 5.92. The van der Waals surface area contributed by atoms with Gasteiger partial charge in [-0.05, 0) is 49.6 Å². The zero-order valence-electron chi connectivity index (χ0n) is 17.7. The Bertz CT molecular complexity index is 791. The number of anilines is 1. The van der Waals surface area contributed by atoms with Crippen molar-refractivity contribution >= 4 is 11.6 Å². The van der Waals surface area contributed by atoms with E-state index in [9.17, 15) is 4.79 Å². The van der Waals surface area contributed by atoms with Crippen molar-refractivity contribution in [3.05, 3.63) is 42.0 Å². The summed E-state index contributed by atoms with van der Waals surface area (Å²) in [5.41, 5.74) is 1.64. The second kappa shape index (κ2) is 11.8. The highest BCUT2D eigenvalue weighted by Crippen LogP contribution is 2.30. The molecule has 0 aromatic heterocycles. The number of ether oxygens (including phenoxy) is 4. The van der Waals surface area contributed by atoms with Gasteiger partial charge in [0.2, 0.25) is 5.91 Å². The molecule has 0 radical (unpaired) electrons. The van der Waals surface area contributed by atoms with Gasteiger partial charge in [0, 0.05) is 12.5 Å². The topological polar surface area (TPSA) is 66.0 Å². The number of nitrogens with one attached hydrogen (secondary N) is 1. The summed E-state index contributed by atoms with van der Waals surface area (Å²) in [6.07, 6.45) is 3.02. The first kappa shape index (κ1) is 22.4. The summed E-state index contributed by atoms with van der Waals surface area (Å²) in [6, 6.07) is 11.1. The van der Waals surface area contributed by atoms with Gasteiger partial charge in [0.1, 0.15) is 11.5 Å². The standard InChI is InChI=1S/C23H31NO5/c1-5-7-14-29-20-12-8-17(15-22(20)28-6-2)9-13-23(25)24-19-11-10-18(26-3)16-21(19)27-4/h8,10-12,15-16H,5-7,9,13-14H2,1-4H3,(H,24,25). The van der Waals surface area contributed by atoms with Gasteiger partial charge >= 0.3 is 0 Å². The van der Waals surface area contributed by atoms with Crippen LogP contribution >= 0.6 is 0 Å². The van der Waals surface area contributed by atoms with Crippen molar-refractivity contribution in [3.63, 3.8) is 0 Å². The Morgan fingerprint density at radius 3 is 2.45 bits per heavy atom. The molecule has 1 amide bonds. The summed E-state index contributed by atoms with van der Waals surface area (Å²) in [5, 5.41) is 2.89. The molecule has 6 nitrogen and oxygen atoms in total. The van der Waals surface area contributed by atoms with Gasteiger partial charge < -0.3 is 24.3 Å². The number of carbonyl (C=O) groups is 1. The van der Waals surface area contributed by atoms with Crippen LogP contribution in [0.1, 0.15) is 38.7 Å². The number of unbranched alkanes of at least 4 members (excludes halogenated alkanes) is 1. The first-order chi connectivity index (χ1) is 14.1. The summed E-state index contributed by atoms with van der Waals surface area (Å²) in [7, 11) is 3.15. The maximum absolute atomic E-state index is 12.4. The number of benzene rings is 2. The van der Waals surface area contributed by atoms with Crippen molar-refractivity contribution in [1.29, 1.82) is 0 Å². The molecule has 0 atom stereocenters. The average Bonchev–Trinajstić information content (AvgIpc) is 2.74. The van der Waals surface area contributed by atoms with Gasteiger partial charge in [0.25, 0.3) is 0 Å². The van der Waals surface area contributed by atoms with Gasteiger partial charge in [-0.15, -0.1) is 0 Å². The van der Waals surface area contributed by atoms with E-state index in [1.54, 1.807) is 32.4 Å². The second-order valence-corrected chi connectivity index (χ2v) is 6.53. The van der Waals surface area contributed by atoms with Crippen LogP contribution < -0.4 is 24.3 Å². The Kier molecular flexibility index (Phi) is 9.15. The monoisotopic (exact) mass is 401 g/mol. The molecule has 2 aromatic rings. The van der Waals surface area contributed by atoms with E-state index in [4.69, 9.17) is 18.9 Å². The molecular formula is C23H31NO5. The van der Waals surface area contributed by atoms with Crippen LogP contribution in [0.3, 0.4) is 0 Å². The largest absolute Gasteiger partial charge is 0.497 e. The lowest BCUT2D eigenvalue weighted by molar-refractivity contribution is -0.116. The molecule has 0 saturated heterocycles. The Morgan fingerprint density at radius 2 is 1.76 bits per heavy atom. The van der Waals surface area contributed by atoms with Crippen LogP contribution in [-0.2, 0) is 11.2 Å². The minimum absolute atomic E-state index is 0.0882. The maximum Gasteiger partial charge on any atom is 0.224 e.